The molecule has 1 saturated heterocycles. The average molecular weight is 523 g/mol. The van der Waals surface area contributed by atoms with Gasteiger partial charge in [-0.2, -0.15) is 17.5 Å². The molecule has 0 radical (unpaired) electrons. The van der Waals surface area contributed by atoms with Crippen LogP contribution in [0.5, 0.6) is 0 Å². The molecule has 15 heteroatoms. The summed E-state index contributed by atoms with van der Waals surface area (Å²) in [5.74, 6) is 0.0984. The minimum absolute atomic E-state index is 0.0984. The molecule has 196 valence electrons. The smallest absolute Gasteiger partial charge is 0.417 e. The van der Waals surface area contributed by atoms with Crippen molar-refractivity contribution in [3.05, 3.63) is 36.0 Å². The highest BCUT2D eigenvalue weighted by atomic mass is 32.2. The van der Waals surface area contributed by atoms with E-state index in [1.165, 1.54) is 35.5 Å². The number of anilines is 1. The van der Waals surface area contributed by atoms with Crippen LogP contribution >= 0.6 is 0 Å². The maximum absolute atomic E-state index is 13.5. The molecule has 1 fully saturated rings. The molecule has 2 heterocycles. The van der Waals surface area contributed by atoms with Crippen LogP contribution in [0.4, 0.5) is 18.9 Å². The molecule has 0 bridgehead atoms. The molecule has 1 aromatic carbocycles. The Balaban J connectivity index is 0.00000137. The van der Waals surface area contributed by atoms with Gasteiger partial charge in [-0.15, -0.1) is 0 Å². The summed E-state index contributed by atoms with van der Waals surface area (Å²) >= 11 is 0. The molecule has 5 N–H and O–H groups in total. The molecular formula is C20H29F3N6O5S. The van der Waals surface area contributed by atoms with Crippen LogP contribution in [0.2, 0.25) is 0 Å². The highest BCUT2D eigenvalue weighted by Crippen LogP contribution is 2.35. The number of likely N-dealkylation sites (N-methyl/N-ethyl adjacent to an activating group) is 1. The number of alkyl halides is 3. The number of aliphatic imine (C=N–C) groups is 1. The van der Waals surface area contributed by atoms with Gasteiger partial charge in [0.15, 0.2) is 0 Å². The number of carboxylic acid groups (broad SMARTS) is 1. The predicted molar refractivity (Wildman–Crippen MR) is 123 cm³/mol. The van der Waals surface area contributed by atoms with E-state index in [1.54, 1.807) is 7.05 Å². The second-order valence-corrected chi connectivity index (χ2v) is 9.47. The van der Waals surface area contributed by atoms with Gasteiger partial charge < -0.3 is 25.8 Å². The summed E-state index contributed by atoms with van der Waals surface area (Å²) in [4.78, 5) is 12.7. The molecule has 0 aliphatic carbocycles. The third kappa shape index (κ3) is 7.63. The van der Waals surface area contributed by atoms with Gasteiger partial charge in [0.1, 0.15) is 5.66 Å². The van der Waals surface area contributed by atoms with E-state index in [0.717, 1.165) is 6.20 Å². The quantitative estimate of drug-likeness (QED) is 0.259. The van der Waals surface area contributed by atoms with E-state index in [-0.39, 0.29) is 37.0 Å². The maximum Gasteiger partial charge on any atom is 0.417 e. The van der Waals surface area contributed by atoms with Crippen LogP contribution in [0, 0.1) is 0 Å². The second kappa shape index (κ2) is 12.3. The molecule has 35 heavy (non-hydrogen) atoms. The van der Waals surface area contributed by atoms with Crippen LogP contribution in [0.1, 0.15) is 6.92 Å². The molecule has 2 aliphatic rings. The van der Waals surface area contributed by atoms with Crippen LogP contribution in [0.15, 0.2) is 45.9 Å². The zero-order valence-electron chi connectivity index (χ0n) is 19.2. The molecule has 1 unspecified atom stereocenters. The molecule has 0 spiro atoms. The standard InChI is InChI=1S/C19H27F3N6O3S.CH2O2/c1-18(25-8-7-23-2)16(19(20,21)22)13-24-17(27-18)26-14-3-5-15(6-4-14)32(29,30)28-9-11-31-12-10-28;2-1-3/h3-6,13,23,25H,7-12H2,1-2H3,(H2,24,26,27);1H,(H,2,3). The number of sulfonamides is 1. The van der Waals surface area contributed by atoms with Gasteiger partial charge in [0.25, 0.3) is 6.47 Å². The fraction of sp³-hybridized carbons (Fsp3) is 0.500. The van der Waals surface area contributed by atoms with Crippen molar-refractivity contribution < 1.29 is 36.2 Å². The van der Waals surface area contributed by atoms with E-state index in [4.69, 9.17) is 14.6 Å². The summed E-state index contributed by atoms with van der Waals surface area (Å²) in [5.41, 5.74) is -2.07. The first-order valence-electron chi connectivity index (χ1n) is 10.5. The SMILES string of the molecule is CNCCNC1(C)N=C(Nc2ccc(S(=O)(=O)N3CCOCC3)cc2)NC=C1C(F)(F)F.O=CO. The molecular weight excluding hydrogens is 493 g/mol. The van der Waals surface area contributed by atoms with Gasteiger partial charge in [-0.3, -0.25) is 10.1 Å². The Morgan fingerprint density at radius 1 is 1.23 bits per heavy atom. The van der Waals surface area contributed by atoms with Gasteiger partial charge in [0.05, 0.1) is 23.7 Å². The summed E-state index contributed by atoms with van der Waals surface area (Å²) in [7, 11) is -1.94. The number of morpholine rings is 1. The highest BCUT2D eigenvalue weighted by molar-refractivity contribution is 7.89. The van der Waals surface area contributed by atoms with Crippen LogP contribution in [0.3, 0.4) is 0 Å². The van der Waals surface area contributed by atoms with Crippen molar-refractivity contribution in [2.24, 2.45) is 4.99 Å². The van der Waals surface area contributed by atoms with Crippen LogP contribution in [0.25, 0.3) is 0 Å². The number of hydrogen-bond donors (Lipinski definition) is 5. The second-order valence-electron chi connectivity index (χ2n) is 7.53. The Labute approximate surface area is 201 Å². The van der Waals surface area contributed by atoms with E-state index in [0.29, 0.717) is 25.4 Å². The Bertz CT molecular complexity index is 1010. The molecule has 0 aromatic heterocycles. The van der Waals surface area contributed by atoms with E-state index >= 15 is 0 Å². The molecule has 3 rings (SSSR count). The van der Waals surface area contributed by atoms with Crippen LogP contribution in [-0.2, 0) is 19.6 Å². The lowest BCUT2D eigenvalue weighted by atomic mass is 10.0. The zero-order chi connectivity index (χ0) is 26.1. The van der Waals surface area contributed by atoms with Gasteiger partial charge in [-0.1, -0.05) is 0 Å². The number of rotatable bonds is 7. The first kappa shape index (κ1) is 28.5. The maximum atomic E-state index is 13.5. The van der Waals surface area contributed by atoms with Crippen LogP contribution in [-0.4, -0.2) is 88.5 Å². The number of carbonyl (C=O) groups is 1. The van der Waals surface area contributed by atoms with Gasteiger partial charge in [0, 0.05) is 38.1 Å². The molecule has 0 saturated carbocycles. The number of nitrogens with one attached hydrogen (secondary N) is 4. The Kier molecular flexibility index (Phi) is 10.0. The fourth-order valence-corrected chi connectivity index (χ4v) is 4.78. The minimum Gasteiger partial charge on any atom is -0.483 e. The molecule has 11 nitrogen and oxygen atoms in total. The zero-order valence-corrected chi connectivity index (χ0v) is 20.0. The minimum atomic E-state index is -4.57. The largest absolute Gasteiger partial charge is 0.483 e. The number of hydrogen-bond acceptors (Lipinski definition) is 9. The monoisotopic (exact) mass is 522 g/mol. The van der Waals surface area contributed by atoms with E-state index in [9.17, 15) is 21.6 Å². The van der Waals surface area contributed by atoms with E-state index in [1.807, 2.05) is 0 Å². The van der Waals surface area contributed by atoms with E-state index < -0.39 is 27.4 Å². The Morgan fingerprint density at radius 3 is 2.37 bits per heavy atom. The number of nitrogens with zero attached hydrogens (tertiary/aromatic N) is 2. The van der Waals surface area contributed by atoms with Gasteiger partial charge in [0.2, 0.25) is 16.0 Å². The molecule has 0 amide bonds. The lowest BCUT2D eigenvalue weighted by molar-refractivity contribution is -0.122. The van der Waals surface area contributed by atoms with Gasteiger partial charge >= 0.3 is 6.18 Å². The Hall–Kier alpha value is -2.72. The molecule has 1 aromatic rings. The van der Waals surface area contributed by atoms with Crippen molar-refractivity contribution in [3.63, 3.8) is 0 Å². The van der Waals surface area contributed by atoms with E-state index in [2.05, 4.69) is 26.3 Å². The van der Waals surface area contributed by atoms with Crippen molar-refractivity contribution in [2.75, 3.05) is 51.8 Å². The van der Waals surface area contributed by atoms with Crippen LogP contribution < -0.4 is 21.3 Å². The predicted octanol–water partition coefficient (Wildman–Crippen LogP) is 0.751. The third-order valence-electron chi connectivity index (χ3n) is 5.09. The van der Waals surface area contributed by atoms with Crippen molar-refractivity contribution in [2.45, 2.75) is 23.7 Å². The third-order valence-corrected chi connectivity index (χ3v) is 7.00. The molecule has 2 aliphatic heterocycles. The summed E-state index contributed by atoms with van der Waals surface area (Å²) in [6, 6.07) is 5.95. The molecule has 1 atom stereocenters. The first-order valence-corrected chi connectivity index (χ1v) is 12.0. The topological polar surface area (TPSA) is 144 Å². The van der Waals surface area contributed by atoms with Gasteiger partial charge in [-0.25, -0.2) is 13.4 Å². The summed E-state index contributed by atoms with van der Waals surface area (Å²) in [6.45, 7) is 3.10. The number of ether oxygens (including phenoxy) is 1. The van der Waals surface area contributed by atoms with Crippen molar-refractivity contribution in [3.8, 4) is 0 Å². The number of benzene rings is 1. The summed E-state index contributed by atoms with van der Waals surface area (Å²) in [5, 5.41) is 18.0. The lowest BCUT2D eigenvalue weighted by Gasteiger charge is -2.34. The average Bonchev–Trinajstić information content (AvgIpc) is 2.80. The highest BCUT2D eigenvalue weighted by Gasteiger charge is 2.47. The van der Waals surface area contributed by atoms with Crippen molar-refractivity contribution in [1.29, 1.82) is 0 Å². The number of halogens is 3. The number of guanidine groups is 1. The van der Waals surface area contributed by atoms with Crippen molar-refractivity contribution in [1.82, 2.24) is 20.3 Å². The lowest BCUT2D eigenvalue weighted by Crippen LogP contribution is -2.53. The Morgan fingerprint density at radius 2 is 1.83 bits per heavy atom. The normalized spacial score (nSPS) is 21.1. The fourth-order valence-electron chi connectivity index (χ4n) is 3.37. The first-order chi connectivity index (χ1) is 16.5. The van der Waals surface area contributed by atoms with Crippen molar-refractivity contribution >= 4 is 28.1 Å². The summed E-state index contributed by atoms with van der Waals surface area (Å²) < 4.78 is 72.4. The summed E-state index contributed by atoms with van der Waals surface area (Å²) in [6.07, 6.45) is -3.70. The van der Waals surface area contributed by atoms with Gasteiger partial charge in [-0.05, 0) is 38.2 Å².